The van der Waals surface area contributed by atoms with Crippen LogP contribution in [0.25, 0.3) is 11.1 Å². The van der Waals surface area contributed by atoms with Crippen LogP contribution in [0, 0.1) is 0 Å². The lowest BCUT2D eigenvalue weighted by Gasteiger charge is -2.10. The van der Waals surface area contributed by atoms with Gasteiger partial charge in [0, 0.05) is 4.47 Å². The van der Waals surface area contributed by atoms with E-state index in [-0.39, 0.29) is 0 Å². The molecule has 0 amide bonds. The first-order chi connectivity index (χ1) is 9.61. The molecule has 0 radical (unpaired) electrons. The van der Waals surface area contributed by atoms with Crippen LogP contribution in [0.2, 0.25) is 0 Å². The lowest BCUT2D eigenvalue weighted by atomic mass is 10.0. The van der Waals surface area contributed by atoms with Gasteiger partial charge >= 0.3 is 5.97 Å². The molecule has 2 aromatic rings. The normalized spacial score (nSPS) is 11.9. The number of rotatable bonds is 4. The van der Waals surface area contributed by atoms with Gasteiger partial charge in [-0.05, 0) is 35.7 Å². The molecule has 0 fully saturated rings. The predicted octanol–water partition coefficient (Wildman–Crippen LogP) is 4.96. The monoisotopic (exact) mass is 352 g/mol. The standard InChI is InChI=1S/C16H14BrClO2/c1-2-20-16(19)15(18)13-5-3-11(4-6-13)12-7-9-14(17)10-8-12/h3-10,15H,2H2,1H3. The summed E-state index contributed by atoms with van der Waals surface area (Å²) in [6, 6.07) is 15.7. The fourth-order valence-electron chi connectivity index (χ4n) is 1.84. The van der Waals surface area contributed by atoms with E-state index in [1.54, 1.807) is 6.92 Å². The first-order valence-corrected chi connectivity index (χ1v) is 7.51. The van der Waals surface area contributed by atoms with Crippen LogP contribution >= 0.6 is 27.5 Å². The second kappa shape index (κ2) is 6.91. The summed E-state index contributed by atoms with van der Waals surface area (Å²) in [5, 5.41) is -0.756. The van der Waals surface area contributed by atoms with Crippen LogP contribution in [0.5, 0.6) is 0 Å². The SMILES string of the molecule is CCOC(=O)C(Cl)c1ccc(-c2ccc(Br)cc2)cc1. The van der Waals surface area contributed by atoms with Crippen molar-refractivity contribution in [3.63, 3.8) is 0 Å². The molecular formula is C16H14BrClO2. The molecule has 0 saturated heterocycles. The molecule has 0 N–H and O–H groups in total. The maximum atomic E-state index is 11.6. The second-order valence-corrected chi connectivity index (χ2v) is 5.60. The number of hydrogen-bond acceptors (Lipinski definition) is 2. The van der Waals surface area contributed by atoms with Crippen LogP contribution in [0.1, 0.15) is 17.9 Å². The Bertz CT molecular complexity index is 578. The van der Waals surface area contributed by atoms with E-state index < -0.39 is 11.3 Å². The first-order valence-electron chi connectivity index (χ1n) is 6.28. The molecule has 0 spiro atoms. The van der Waals surface area contributed by atoms with Crippen LogP contribution in [-0.4, -0.2) is 12.6 Å². The van der Waals surface area contributed by atoms with Crippen molar-refractivity contribution in [3.05, 3.63) is 58.6 Å². The van der Waals surface area contributed by atoms with E-state index >= 15 is 0 Å². The van der Waals surface area contributed by atoms with Crippen LogP contribution in [0.3, 0.4) is 0 Å². The number of hydrogen-bond donors (Lipinski definition) is 0. The fraction of sp³-hybridized carbons (Fsp3) is 0.188. The summed E-state index contributed by atoms with van der Waals surface area (Å²) >= 11 is 9.48. The van der Waals surface area contributed by atoms with Gasteiger partial charge in [0.25, 0.3) is 0 Å². The molecule has 104 valence electrons. The number of carbonyl (C=O) groups is 1. The van der Waals surface area contributed by atoms with Crippen LogP contribution in [-0.2, 0) is 9.53 Å². The highest BCUT2D eigenvalue weighted by molar-refractivity contribution is 9.10. The van der Waals surface area contributed by atoms with E-state index in [2.05, 4.69) is 15.9 Å². The topological polar surface area (TPSA) is 26.3 Å². The van der Waals surface area contributed by atoms with Crippen molar-refractivity contribution in [1.29, 1.82) is 0 Å². The van der Waals surface area contributed by atoms with E-state index in [0.717, 1.165) is 21.2 Å². The molecule has 20 heavy (non-hydrogen) atoms. The molecule has 2 nitrogen and oxygen atoms in total. The van der Waals surface area contributed by atoms with E-state index in [9.17, 15) is 4.79 Å². The molecule has 0 aliphatic rings. The summed E-state index contributed by atoms with van der Waals surface area (Å²) < 4.78 is 5.95. The molecule has 1 unspecified atom stereocenters. The molecule has 0 aliphatic heterocycles. The third-order valence-electron chi connectivity index (χ3n) is 2.87. The zero-order valence-electron chi connectivity index (χ0n) is 11.0. The summed E-state index contributed by atoms with van der Waals surface area (Å²) in [6.07, 6.45) is 0. The Morgan fingerprint density at radius 3 is 2.10 bits per heavy atom. The molecule has 0 bridgehead atoms. The van der Waals surface area contributed by atoms with E-state index in [4.69, 9.17) is 16.3 Å². The van der Waals surface area contributed by atoms with Crippen molar-refractivity contribution in [2.24, 2.45) is 0 Å². The van der Waals surface area contributed by atoms with Gasteiger partial charge in [0.15, 0.2) is 5.38 Å². The molecule has 0 heterocycles. The Morgan fingerprint density at radius 2 is 1.60 bits per heavy atom. The van der Waals surface area contributed by atoms with Crippen molar-refractivity contribution in [1.82, 2.24) is 0 Å². The number of ether oxygens (including phenoxy) is 1. The van der Waals surface area contributed by atoms with Crippen molar-refractivity contribution < 1.29 is 9.53 Å². The molecule has 2 aromatic carbocycles. The Kier molecular flexibility index (Phi) is 5.21. The van der Waals surface area contributed by atoms with E-state index in [1.807, 2.05) is 48.5 Å². The van der Waals surface area contributed by atoms with Gasteiger partial charge in [-0.2, -0.15) is 0 Å². The third kappa shape index (κ3) is 3.62. The number of esters is 1. The Hall–Kier alpha value is -1.32. The highest BCUT2D eigenvalue weighted by atomic mass is 79.9. The quantitative estimate of drug-likeness (QED) is 0.573. The first kappa shape index (κ1) is 15.1. The smallest absolute Gasteiger partial charge is 0.328 e. The maximum absolute atomic E-state index is 11.6. The van der Waals surface area contributed by atoms with Crippen LogP contribution < -0.4 is 0 Å². The number of alkyl halides is 1. The van der Waals surface area contributed by atoms with Gasteiger partial charge in [0.1, 0.15) is 0 Å². The minimum atomic E-state index is -0.756. The van der Waals surface area contributed by atoms with Crippen LogP contribution in [0.4, 0.5) is 0 Å². The number of carbonyl (C=O) groups excluding carboxylic acids is 1. The van der Waals surface area contributed by atoms with Gasteiger partial charge in [0.2, 0.25) is 0 Å². The minimum Gasteiger partial charge on any atom is -0.465 e. The molecule has 0 saturated carbocycles. The average molecular weight is 354 g/mol. The highest BCUT2D eigenvalue weighted by Crippen LogP contribution is 2.26. The highest BCUT2D eigenvalue weighted by Gasteiger charge is 2.18. The minimum absolute atomic E-state index is 0.332. The van der Waals surface area contributed by atoms with Gasteiger partial charge in [0.05, 0.1) is 6.61 Å². The van der Waals surface area contributed by atoms with Gasteiger partial charge < -0.3 is 4.74 Å². The molecule has 0 aromatic heterocycles. The summed E-state index contributed by atoms with van der Waals surface area (Å²) in [5.41, 5.74) is 2.93. The van der Waals surface area contributed by atoms with E-state index in [0.29, 0.717) is 6.61 Å². The van der Waals surface area contributed by atoms with Crippen molar-refractivity contribution in [3.8, 4) is 11.1 Å². The molecule has 2 rings (SSSR count). The average Bonchev–Trinajstić information content (AvgIpc) is 2.48. The van der Waals surface area contributed by atoms with Gasteiger partial charge in [-0.25, -0.2) is 0 Å². The Morgan fingerprint density at radius 1 is 1.10 bits per heavy atom. The fourth-order valence-corrected chi connectivity index (χ4v) is 2.31. The largest absolute Gasteiger partial charge is 0.465 e. The zero-order chi connectivity index (χ0) is 14.5. The molecular weight excluding hydrogens is 340 g/mol. The van der Waals surface area contributed by atoms with Crippen molar-refractivity contribution in [2.75, 3.05) is 6.61 Å². The molecule has 0 aliphatic carbocycles. The third-order valence-corrected chi connectivity index (χ3v) is 3.83. The summed E-state index contributed by atoms with van der Waals surface area (Å²) in [5.74, 6) is -0.412. The zero-order valence-corrected chi connectivity index (χ0v) is 13.3. The second-order valence-electron chi connectivity index (χ2n) is 4.24. The van der Waals surface area contributed by atoms with Gasteiger partial charge in [-0.3, -0.25) is 4.79 Å². The Labute approximate surface area is 131 Å². The summed E-state index contributed by atoms with van der Waals surface area (Å²) in [7, 11) is 0. The molecule has 4 heteroatoms. The predicted molar refractivity (Wildman–Crippen MR) is 84.8 cm³/mol. The summed E-state index contributed by atoms with van der Waals surface area (Å²) in [6.45, 7) is 2.09. The van der Waals surface area contributed by atoms with Gasteiger partial charge in [-0.1, -0.05) is 52.3 Å². The van der Waals surface area contributed by atoms with Crippen molar-refractivity contribution >= 4 is 33.5 Å². The number of halogens is 2. The van der Waals surface area contributed by atoms with Crippen LogP contribution in [0.15, 0.2) is 53.0 Å². The van der Waals surface area contributed by atoms with E-state index in [1.165, 1.54) is 0 Å². The number of benzene rings is 2. The lowest BCUT2D eigenvalue weighted by Crippen LogP contribution is -2.10. The Balaban J connectivity index is 2.17. The lowest BCUT2D eigenvalue weighted by molar-refractivity contribution is -0.142. The molecule has 1 atom stereocenters. The van der Waals surface area contributed by atoms with Gasteiger partial charge in [-0.15, -0.1) is 11.6 Å². The summed E-state index contributed by atoms with van der Waals surface area (Å²) in [4.78, 5) is 11.6. The van der Waals surface area contributed by atoms with Crippen molar-refractivity contribution in [2.45, 2.75) is 12.3 Å². The maximum Gasteiger partial charge on any atom is 0.328 e.